The molecule has 2 N–H and O–H groups in total. The first kappa shape index (κ1) is 24.0. The molecule has 1 saturated heterocycles. The number of nitrogens with one attached hydrogen (secondary N) is 2. The lowest BCUT2D eigenvalue weighted by atomic mass is 9.97. The number of carbonyl (C=O) groups is 1. The van der Waals surface area contributed by atoms with Crippen molar-refractivity contribution in [2.75, 3.05) is 25.0 Å². The molecule has 0 spiro atoms. The largest absolute Gasteiger partial charge is 0.481 e. The zero-order valence-corrected chi connectivity index (χ0v) is 20.2. The summed E-state index contributed by atoms with van der Waals surface area (Å²) in [5.41, 5.74) is 2.31. The summed E-state index contributed by atoms with van der Waals surface area (Å²) in [7, 11) is -3.66. The number of para-hydroxylation sites is 3. The Hall–Kier alpha value is -3.76. The second-order valence-electron chi connectivity index (χ2n) is 8.61. The van der Waals surface area contributed by atoms with E-state index in [1.807, 2.05) is 24.3 Å². The molecule has 0 unspecified atom stereocenters. The second-order valence-corrected chi connectivity index (χ2v) is 10.5. The Morgan fingerprint density at radius 2 is 1.72 bits per heavy atom. The summed E-state index contributed by atoms with van der Waals surface area (Å²) in [4.78, 5) is 20.3. The number of imidazole rings is 1. The third-order valence-electron chi connectivity index (χ3n) is 6.22. The SMILES string of the molecule is O=C(COc1ccccc1F)Nc1ccc(S(=O)(=O)N2CCC(c3nc4ccccc4[nH]3)CC2)cc1. The minimum absolute atomic E-state index is 0.0156. The number of sulfonamides is 1. The number of carbonyl (C=O) groups excluding carboxylic acids is 1. The number of rotatable bonds is 7. The highest BCUT2D eigenvalue weighted by atomic mass is 32.2. The van der Waals surface area contributed by atoms with E-state index in [-0.39, 0.29) is 23.2 Å². The van der Waals surface area contributed by atoms with Gasteiger partial charge in [-0.2, -0.15) is 4.31 Å². The van der Waals surface area contributed by atoms with Crippen molar-refractivity contribution in [3.63, 3.8) is 0 Å². The quantitative estimate of drug-likeness (QED) is 0.388. The predicted molar refractivity (Wildman–Crippen MR) is 134 cm³/mol. The number of fused-ring (bicyclic) bond motifs is 1. The van der Waals surface area contributed by atoms with Crippen LogP contribution in [0.1, 0.15) is 24.6 Å². The lowest BCUT2D eigenvalue weighted by Crippen LogP contribution is -2.38. The van der Waals surface area contributed by atoms with Crippen LogP contribution in [0.3, 0.4) is 0 Å². The van der Waals surface area contributed by atoms with Gasteiger partial charge in [0.05, 0.1) is 15.9 Å². The summed E-state index contributed by atoms with van der Waals surface area (Å²) in [6.07, 6.45) is 1.35. The molecule has 1 aliphatic heterocycles. The van der Waals surface area contributed by atoms with Crippen molar-refractivity contribution in [3.05, 3.63) is 84.4 Å². The van der Waals surface area contributed by atoms with Crippen LogP contribution in [-0.4, -0.2) is 48.3 Å². The smallest absolute Gasteiger partial charge is 0.262 e. The van der Waals surface area contributed by atoms with Crippen LogP contribution in [-0.2, 0) is 14.8 Å². The average molecular weight is 509 g/mol. The summed E-state index contributed by atoms with van der Waals surface area (Å²) in [6.45, 7) is 0.424. The zero-order valence-electron chi connectivity index (χ0n) is 19.4. The van der Waals surface area contributed by atoms with E-state index in [0.29, 0.717) is 31.6 Å². The molecule has 0 atom stereocenters. The first-order valence-corrected chi connectivity index (χ1v) is 13.1. The van der Waals surface area contributed by atoms with E-state index in [0.717, 1.165) is 16.9 Å². The molecule has 2 heterocycles. The lowest BCUT2D eigenvalue weighted by molar-refractivity contribution is -0.118. The van der Waals surface area contributed by atoms with Crippen molar-refractivity contribution in [2.24, 2.45) is 0 Å². The van der Waals surface area contributed by atoms with Crippen molar-refractivity contribution < 1.29 is 22.3 Å². The van der Waals surface area contributed by atoms with Crippen molar-refractivity contribution in [3.8, 4) is 5.75 Å². The Kier molecular flexibility index (Phi) is 6.71. The number of nitrogens with zero attached hydrogens (tertiary/aromatic N) is 2. The van der Waals surface area contributed by atoms with E-state index >= 15 is 0 Å². The Morgan fingerprint density at radius 3 is 2.44 bits per heavy atom. The van der Waals surface area contributed by atoms with E-state index in [1.165, 1.54) is 46.8 Å². The molecule has 0 saturated carbocycles. The fourth-order valence-electron chi connectivity index (χ4n) is 4.30. The van der Waals surface area contributed by atoms with Crippen molar-refractivity contribution >= 4 is 32.7 Å². The molecule has 3 aromatic carbocycles. The van der Waals surface area contributed by atoms with Gasteiger partial charge in [-0.15, -0.1) is 0 Å². The van der Waals surface area contributed by atoms with Gasteiger partial charge in [-0.05, 0) is 61.4 Å². The number of aromatic nitrogens is 2. The summed E-state index contributed by atoms with van der Waals surface area (Å²) in [5, 5.41) is 2.62. The molecule has 10 heteroatoms. The molecule has 1 aromatic heterocycles. The molecule has 0 bridgehead atoms. The maximum Gasteiger partial charge on any atom is 0.262 e. The molecule has 0 radical (unpaired) electrons. The van der Waals surface area contributed by atoms with Gasteiger partial charge in [0.25, 0.3) is 5.91 Å². The number of H-pyrrole nitrogens is 1. The molecule has 36 heavy (non-hydrogen) atoms. The molecular weight excluding hydrogens is 483 g/mol. The predicted octanol–water partition coefficient (Wildman–Crippen LogP) is 4.29. The summed E-state index contributed by atoms with van der Waals surface area (Å²) >= 11 is 0. The molecule has 1 fully saturated rings. The van der Waals surface area contributed by atoms with E-state index in [1.54, 1.807) is 6.07 Å². The van der Waals surface area contributed by atoms with Crippen molar-refractivity contribution in [1.82, 2.24) is 14.3 Å². The first-order valence-electron chi connectivity index (χ1n) is 11.6. The van der Waals surface area contributed by atoms with Gasteiger partial charge in [-0.25, -0.2) is 17.8 Å². The van der Waals surface area contributed by atoms with Gasteiger partial charge in [0.1, 0.15) is 5.82 Å². The number of benzene rings is 3. The maximum atomic E-state index is 13.6. The summed E-state index contributed by atoms with van der Waals surface area (Å²) < 4.78 is 46.6. The zero-order chi connectivity index (χ0) is 25.1. The van der Waals surface area contributed by atoms with Crippen LogP contribution in [0.25, 0.3) is 11.0 Å². The fourth-order valence-corrected chi connectivity index (χ4v) is 5.77. The molecule has 0 aliphatic carbocycles. The highest BCUT2D eigenvalue weighted by molar-refractivity contribution is 7.89. The number of hydrogen-bond donors (Lipinski definition) is 2. The minimum Gasteiger partial charge on any atom is -0.481 e. The summed E-state index contributed by atoms with van der Waals surface area (Å²) in [6, 6.07) is 19.6. The molecule has 8 nitrogen and oxygen atoms in total. The Morgan fingerprint density at radius 1 is 1.03 bits per heavy atom. The number of piperidine rings is 1. The number of halogens is 1. The average Bonchev–Trinajstić information content (AvgIpc) is 3.33. The fraction of sp³-hybridized carbons (Fsp3) is 0.231. The van der Waals surface area contributed by atoms with Crippen LogP contribution in [0, 0.1) is 5.82 Å². The second kappa shape index (κ2) is 10.1. The summed E-state index contributed by atoms with van der Waals surface area (Å²) in [5.74, 6) is 0.0153. The minimum atomic E-state index is -3.66. The van der Waals surface area contributed by atoms with E-state index < -0.39 is 21.7 Å². The van der Waals surface area contributed by atoms with Gasteiger partial charge in [-0.3, -0.25) is 4.79 Å². The number of ether oxygens (including phenoxy) is 1. The van der Waals surface area contributed by atoms with E-state index in [4.69, 9.17) is 4.74 Å². The number of amides is 1. The highest BCUT2D eigenvalue weighted by Crippen LogP contribution is 2.30. The molecular formula is C26H25FN4O4S. The Balaban J connectivity index is 1.17. The van der Waals surface area contributed by atoms with Gasteiger partial charge in [-0.1, -0.05) is 24.3 Å². The van der Waals surface area contributed by atoms with Gasteiger partial charge >= 0.3 is 0 Å². The Labute approximate surface area is 208 Å². The molecule has 5 rings (SSSR count). The van der Waals surface area contributed by atoms with E-state index in [9.17, 15) is 17.6 Å². The number of aromatic amines is 1. The Bertz CT molecular complexity index is 1450. The maximum absolute atomic E-state index is 13.6. The van der Waals surface area contributed by atoms with Crippen molar-refractivity contribution in [2.45, 2.75) is 23.7 Å². The van der Waals surface area contributed by atoms with Crippen LogP contribution >= 0.6 is 0 Å². The van der Waals surface area contributed by atoms with Gasteiger partial charge in [0, 0.05) is 24.7 Å². The highest BCUT2D eigenvalue weighted by Gasteiger charge is 2.31. The van der Waals surface area contributed by atoms with Gasteiger partial charge in [0.2, 0.25) is 10.0 Å². The van der Waals surface area contributed by atoms with Gasteiger partial charge < -0.3 is 15.0 Å². The van der Waals surface area contributed by atoms with Crippen molar-refractivity contribution in [1.29, 1.82) is 0 Å². The molecule has 1 amide bonds. The number of hydrogen-bond acceptors (Lipinski definition) is 5. The number of anilines is 1. The van der Waals surface area contributed by atoms with Gasteiger partial charge in [0.15, 0.2) is 18.2 Å². The lowest BCUT2D eigenvalue weighted by Gasteiger charge is -2.30. The van der Waals surface area contributed by atoms with Crippen LogP contribution < -0.4 is 10.1 Å². The van der Waals surface area contributed by atoms with Crippen LogP contribution in [0.2, 0.25) is 0 Å². The first-order chi connectivity index (χ1) is 17.4. The monoisotopic (exact) mass is 508 g/mol. The topological polar surface area (TPSA) is 104 Å². The molecule has 1 aliphatic rings. The van der Waals surface area contributed by atoms with Crippen LogP contribution in [0.5, 0.6) is 5.75 Å². The molecule has 186 valence electrons. The standard InChI is InChI=1S/C26H25FN4O4S/c27-21-5-1-4-8-24(21)35-17-25(32)28-19-9-11-20(12-10-19)36(33,34)31-15-13-18(14-16-31)26-29-22-6-2-3-7-23(22)30-26/h1-12,18H,13-17H2,(H,28,32)(H,29,30). The van der Waals surface area contributed by atoms with Crippen LogP contribution in [0.4, 0.5) is 10.1 Å². The van der Waals surface area contributed by atoms with Crippen LogP contribution in [0.15, 0.2) is 77.7 Å². The third-order valence-corrected chi connectivity index (χ3v) is 8.13. The van der Waals surface area contributed by atoms with E-state index in [2.05, 4.69) is 15.3 Å². The third kappa shape index (κ3) is 5.09. The molecule has 4 aromatic rings. The normalized spacial score (nSPS) is 15.1.